The van der Waals surface area contributed by atoms with Crippen LogP contribution in [0.25, 0.3) is 0 Å². The summed E-state index contributed by atoms with van der Waals surface area (Å²) >= 11 is 5.51. The maximum absolute atomic E-state index is 13.0. The van der Waals surface area contributed by atoms with Crippen LogP contribution in [0.4, 0.5) is 4.39 Å². The van der Waals surface area contributed by atoms with Crippen molar-refractivity contribution in [2.75, 3.05) is 6.61 Å². The zero-order valence-electron chi connectivity index (χ0n) is 6.88. The molecule has 0 aliphatic rings. The zero-order valence-corrected chi connectivity index (χ0v) is 7.64. The second kappa shape index (κ2) is 4.18. The molecule has 0 aliphatic heterocycles. The minimum absolute atomic E-state index is 0.170. The molecule has 0 aromatic carbocycles. The second-order valence-electron chi connectivity index (χ2n) is 2.18. The van der Waals surface area contributed by atoms with Gasteiger partial charge in [-0.3, -0.25) is 0 Å². The van der Waals surface area contributed by atoms with Gasteiger partial charge >= 0.3 is 5.97 Å². The number of pyridine rings is 1. The van der Waals surface area contributed by atoms with E-state index in [4.69, 9.17) is 11.6 Å². The third kappa shape index (κ3) is 2.15. The lowest BCUT2D eigenvalue weighted by atomic mass is 10.3. The summed E-state index contributed by atoms with van der Waals surface area (Å²) in [5, 5.41) is -0.182. The molecule has 1 heterocycles. The maximum atomic E-state index is 13.0. The van der Waals surface area contributed by atoms with E-state index in [1.54, 1.807) is 6.92 Å². The van der Waals surface area contributed by atoms with E-state index >= 15 is 0 Å². The van der Waals surface area contributed by atoms with Crippen LogP contribution in [0.5, 0.6) is 0 Å². The third-order valence-corrected chi connectivity index (χ3v) is 1.62. The van der Waals surface area contributed by atoms with Crippen LogP contribution in [-0.2, 0) is 4.74 Å². The average Bonchev–Trinajstić information content (AvgIpc) is 2.04. The van der Waals surface area contributed by atoms with Crippen molar-refractivity contribution in [3.05, 3.63) is 28.8 Å². The van der Waals surface area contributed by atoms with Crippen molar-refractivity contribution in [1.82, 2.24) is 4.98 Å². The molecule has 1 rings (SSSR count). The molecule has 0 spiro atoms. The number of rotatable bonds is 2. The molecule has 0 bridgehead atoms. The van der Waals surface area contributed by atoms with Crippen LogP contribution >= 0.6 is 11.6 Å². The summed E-state index contributed by atoms with van der Waals surface area (Å²) < 4.78 is 17.6. The first-order valence-corrected chi connectivity index (χ1v) is 4.01. The van der Waals surface area contributed by atoms with Gasteiger partial charge in [-0.05, 0) is 13.0 Å². The molecular weight excluding hydrogens is 197 g/mol. The number of nitrogens with zero attached hydrogens (tertiary/aromatic N) is 1. The number of carbonyl (C=O) groups excluding carboxylic acids is 1. The van der Waals surface area contributed by atoms with Crippen LogP contribution in [0.2, 0.25) is 5.15 Å². The molecule has 3 nitrogen and oxygen atoms in total. The van der Waals surface area contributed by atoms with Crippen molar-refractivity contribution in [1.29, 1.82) is 0 Å². The maximum Gasteiger partial charge on any atom is 0.344 e. The Labute approximate surface area is 79.5 Å². The van der Waals surface area contributed by atoms with E-state index in [0.29, 0.717) is 0 Å². The highest BCUT2D eigenvalue weighted by Crippen LogP contribution is 2.16. The van der Waals surface area contributed by atoms with Crippen LogP contribution in [-0.4, -0.2) is 17.6 Å². The molecule has 0 aliphatic carbocycles. The van der Waals surface area contributed by atoms with Crippen molar-refractivity contribution in [3.63, 3.8) is 0 Å². The summed E-state index contributed by atoms with van der Waals surface area (Å²) in [5.74, 6) is -1.52. The Kier molecular flexibility index (Phi) is 3.19. The van der Waals surface area contributed by atoms with Gasteiger partial charge in [0.1, 0.15) is 16.5 Å². The highest BCUT2D eigenvalue weighted by molar-refractivity contribution is 6.32. The van der Waals surface area contributed by atoms with E-state index in [-0.39, 0.29) is 17.3 Å². The first kappa shape index (κ1) is 9.92. The Morgan fingerprint density at radius 3 is 3.00 bits per heavy atom. The fraction of sp³-hybridized carbons (Fsp3) is 0.250. The summed E-state index contributed by atoms with van der Waals surface area (Å²) in [7, 11) is 0. The fourth-order valence-corrected chi connectivity index (χ4v) is 1.02. The smallest absolute Gasteiger partial charge is 0.344 e. The van der Waals surface area contributed by atoms with Gasteiger partial charge < -0.3 is 4.74 Å². The number of ether oxygens (including phenoxy) is 1. The highest BCUT2D eigenvalue weighted by Gasteiger charge is 2.17. The molecule has 0 saturated carbocycles. The third-order valence-electron chi connectivity index (χ3n) is 1.33. The molecule has 5 heteroatoms. The summed E-state index contributed by atoms with van der Waals surface area (Å²) in [6, 6.07) is 1.05. The van der Waals surface area contributed by atoms with E-state index in [9.17, 15) is 9.18 Å². The van der Waals surface area contributed by atoms with E-state index < -0.39 is 11.8 Å². The van der Waals surface area contributed by atoms with E-state index in [1.807, 2.05) is 0 Å². The van der Waals surface area contributed by atoms with Gasteiger partial charge in [-0.1, -0.05) is 11.6 Å². The Balaban J connectivity index is 3.05. The number of carbonyl (C=O) groups is 1. The van der Waals surface area contributed by atoms with Gasteiger partial charge in [0.25, 0.3) is 0 Å². The molecule has 0 fully saturated rings. The summed E-state index contributed by atoms with van der Waals surface area (Å²) in [6.45, 7) is 1.80. The average molecular weight is 204 g/mol. The molecule has 0 radical (unpaired) electrons. The molecule has 70 valence electrons. The quantitative estimate of drug-likeness (QED) is 0.546. The van der Waals surface area contributed by atoms with Crippen LogP contribution in [0.3, 0.4) is 0 Å². The molecule has 0 unspecified atom stereocenters. The van der Waals surface area contributed by atoms with Gasteiger partial charge in [0.15, 0.2) is 0 Å². The van der Waals surface area contributed by atoms with Crippen molar-refractivity contribution < 1.29 is 13.9 Å². The van der Waals surface area contributed by atoms with Gasteiger partial charge in [0.2, 0.25) is 0 Å². The van der Waals surface area contributed by atoms with E-state index in [1.165, 1.54) is 6.20 Å². The monoisotopic (exact) mass is 203 g/mol. The van der Waals surface area contributed by atoms with Gasteiger partial charge in [-0.2, -0.15) is 0 Å². The standard InChI is InChI=1S/C8H7ClFNO2/c1-2-13-8(12)6-5(10)3-4-11-7(6)9/h3-4H,2H2,1H3. The van der Waals surface area contributed by atoms with Crippen LogP contribution < -0.4 is 0 Å². The van der Waals surface area contributed by atoms with Crippen LogP contribution in [0.15, 0.2) is 12.3 Å². The Morgan fingerprint density at radius 1 is 1.77 bits per heavy atom. The molecule has 1 aromatic rings. The first-order chi connectivity index (χ1) is 6.16. The number of halogens is 2. The van der Waals surface area contributed by atoms with Crippen molar-refractivity contribution in [2.45, 2.75) is 6.92 Å². The molecule has 1 aromatic heterocycles. The van der Waals surface area contributed by atoms with E-state index in [2.05, 4.69) is 9.72 Å². The number of aromatic nitrogens is 1. The predicted octanol–water partition coefficient (Wildman–Crippen LogP) is 2.05. The highest BCUT2D eigenvalue weighted by atomic mass is 35.5. The lowest BCUT2D eigenvalue weighted by Gasteiger charge is -2.03. The van der Waals surface area contributed by atoms with Gasteiger partial charge in [-0.25, -0.2) is 14.2 Å². The zero-order chi connectivity index (χ0) is 9.84. The van der Waals surface area contributed by atoms with Gasteiger partial charge in [0, 0.05) is 6.20 Å². The van der Waals surface area contributed by atoms with Gasteiger partial charge in [-0.15, -0.1) is 0 Å². The minimum Gasteiger partial charge on any atom is -0.462 e. The van der Waals surface area contributed by atoms with Crippen molar-refractivity contribution >= 4 is 17.6 Å². The molecule has 0 atom stereocenters. The predicted molar refractivity (Wildman–Crippen MR) is 45.2 cm³/mol. The van der Waals surface area contributed by atoms with Gasteiger partial charge in [0.05, 0.1) is 6.61 Å². The Bertz CT molecular complexity index is 310. The first-order valence-electron chi connectivity index (χ1n) is 3.64. The molecule has 0 saturated heterocycles. The molecule has 0 N–H and O–H groups in total. The second-order valence-corrected chi connectivity index (χ2v) is 2.54. The number of hydrogen-bond donors (Lipinski definition) is 0. The van der Waals surface area contributed by atoms with Crippen molar-refractivity contribution in [2.24, 2.45) is 0 Å². The summed E-state index contributed by atoms with van der Waals surface area (Å²) in [4.78, 5) is 14.7. The lowest BCUT2D eigenvalue weighted by molar-refractivity contribution is 0.0521. The SMILES string of the molecule is CCOC(=O)c1c(F)ccnc1Cl. The minimum atomic E-state index is -0.793. The van der Waals surface area contributed by atoms with Crippen molar-refractivity contribution in [3.8, 4) is 0 Å². The summed E-state index contributed by atoms with van der Waals surface area (Å²) in [5.41, 5.74) is -0.314. The fourth-order valence-electron chi connectivity index (χ4n) is 0.800. The topological polar surface area (TPSA) is 39.2 Å². The Morgan fingerprint density at radius 2 is 2.46 bits per heavy atom. The number of hydrogen-bond acceptors (Lipinski definition) is 3. The molecular formula is C8H7ClFNO2. The van der Waals surface area contributed by atoms with Crippen LogP contribution in [0.1, 0.15) is 17.3 Å². The molecule has 0 amide bonds. The normalized spacial score (nSPS) is 9.77. The lowest BCUT2D eigenvalue weighted by Crippen LogP contribution is -2.08. The molecule has 13 heavy (non-hydrogen) atoms. The van der Waals surface area contributed by atoms with Crippen LogP contribution in [0, 0.1) is 5.82 Å². The summed E-state index contributed by atoms with van der Waals surface area (Å²) in [6.07, 6.45) is 1.18. The number of esters is 1. The Hall–Kier alpha value is -1.16. The largest absolute Gasteiger partial charge is 0.462 e. The van der Waals surface area contributed by atoms with E-state index in [0.717, 1.165) is 6.07 Å².